The highest BCUT2D eigenvalue weighted by Gasteiger charge is 2.31. The Morgan fingerprint density at radius 1 is 1.06 bits per heavy atom. The van der Waals surface area contributed by atoms with Crippen molar-refractivity contribution in [2.24, 2.45) is 0 Å². The van der Waals surface area contributed by atoms with Gasteiger partial charge in [0.25, 0.3) is 5.91 Å². The van der Waals surface area contributed by atoms with Gasteiger partial charge in [-0.15, -0.1) is 10.2 Å². The molecule has 7 nitrogen and oxygen atoms in total. The van der Waals surface area contributed by atoms with Gasteiger partial charge in [0.2, 0.25) is 15.0 Å². The van der Waals surface area contributed by atoms with Crippen LogP contribution in [0.4, 0.5) is 5.69 Å². The minimum atomic E-state index is -3.50. The average Bonchev–Trinajstić information content (AvgIpc) is 3.30. The summed E-state index contributed by atoms with van der Waals surface area (Å²) in [6.45, 7) is 2.89. The number of hydrogen-bond acceptors (Lipinski definition) is 6. The smallest absolute Gasteiger partial charge is 0.286 e. The molecule has 1 aromatic heterocycles. The number of nitrogens with one attached hydrogen (secondary N) is 1. The van der Waals surface area contributed by atoms with Gasteiger partial charge in [0.15, 0.2) is 0 Å². The van der Waals surface area contributed by atoms with Crippen molar-refractivity contribution in [2.75, 3.05) is 18.4 Å². The van der Waals surface area contributed by atoms with E-state index in [9.17, 15) is 13.2 Å². The predicted octanol–water partition coefficient (Wildman–Crippen LogP) is 3.92. The minimum absolute atomic E-state index is 0.102. The van der Waals surface area contributed by atoms with Crippen LogP contribution in [-0.4, -0.2) is 41.9 Å². The average molecular weight is 457 g/mol. The summed E-state index contributed by atoms with van der Waals surface area (Å²) in [6, 6.07) is 16.3. The zero-order valence-electron chi connectivity index (χ0n) is 17.2. The van der Waals surface area contributed by atoms with Crippen LogP contribution in [0.1, 0.15) is 46.1 Å². The van der Waals surface area contributed by atoms with Crippen molar-refractivity contribution in [3.05, 3.63) is 70.2 Å². The molecule has 31 heavy (non-hydrogen) atoms. The molecule has 1 saturated heterocycles. The number of benzene rings is 2. The lowest BCUT2D eigenvalue weighted by Crippen LogP contribution is -2.37. The highest BCUT2D eigenvalue weighted by molar-refractivity contribution is 7.89. The van der Waals surface area contributed by atoms with Gasteiger partial charge in [-0.2, -0.15) is 4.31 Å². The third-order valence-electron chi connectivity index (χ3n) is 5.44. The van der Waals surface area contributed by atoms with Crippen molar-refractivity contribution in [1.82, 2.24) is 14.5 Å². The zero-order chi connectivity index (χ0) is 21.8. The molecular formula is C22H24N4O3S2. The Labute approximate surface area is 186 Å². The monoisotopic (exact) mass is 456 g/mol. The van der Waals surface area contributed by atoms with Gasteiger partial charge >= 0.3 is 0 Å². The molecule has 1 N–H and O–H groups in total. The molecule has 1 aliphatic rings. The summed E-state index contributed by atoms with van der Waals surface area (Å²) in [6.07, 6.45) is 2.18. The Balaban J connectivity index is 1.38. The molecule has 4 rings (SSSR count). The fourth-order valence-electron chi connectivity index (χ4n) is 3.59. The van der Waals surface area contributed by atoms with E-state index in [1.54, 1.807) is 12.1 Å². The van der Waals surface area contributed by atoms with Crippen molar-refractivity contribution >= 4 is 33.0 Å². The van der Waals surface area contributed by atoms with Crippen LogP contribution in [0.15, 0.2) is 59.5 Å². The molecule has 0 spiro atoms. The molecule has 0 radical (unpaired) electrons. The molecular weight excluding hydrogens is 432 g/mol. The van der Waals surface area contributed by atoms with Gasteiger partial charge in [-0.25, -0.2) is 8.42 Å². The molecule has 2 aromatic carbocycles. The third kappa shape index (κ3) is 4.84. The Morgan fingerprint density at radius 3 is 2.39 bits per heavy atom. The summed E-state index contributed by atoms with van der Waals surface area (Å²) in [5, 5.41) is 12.1. The van der Waals surface area contributed by atoms with E-state index in [0.717, 1.165) is 17.0 Å². The van der Waals surface area contributed by atoms with E-state index in [1.807, 2.05) is 49.4 Å². The van der Waals surface area contributed by atoms with E-state index < -0.39 is 10.0 Å². The maximum atomic E-state index is 12.9. The van der Waals surface area contributed by atoms with Crippen LogP contribution in [0.3, 0.4) is 0 Å². The van der Waals surface area contributed by atoms with Gasteiger partial charge in [-0.3, -0.25) is 4.79 Å². The topological polar surface area (TPSA) is 92.3 Å². The summed E-state index contributed by atoms with van der Waals surface area (Å²) in [4.78, 5) is 12.7. The number of aryl methyl sites for hydroxylation is 1. The van der Waals surface area contributed by atoms with Gasteiger partial charge in [-0.05, 0) is 49.1 Å². The number of aromatic nitrogens is 2. The molecule has 0 atom stereocenters. The number of sulfonamides is 1. The van der Waals surface area contributed by atoms with Crippen LogP contribution >= 0.6 is 11.3 Å². The minimum Gasteiger partial charge on any atom is -0.320 e. The number of amides is 1. The Morgan fingerprint density at radius 2 is 1.74 bits per heavy atom. The third-order valence-corrected chi connectivity index (χ3v) is 8.44. The van der Waals surface area contributed by atoms with Crippen molar-refractivity contribution in [2.45, 2.75) is 37.0 Å². The first kappa shape index (κ1) is 21.6. The van der Waals surface area contributed by atoms with E-state index in [-0.39, 0.29) is 11.8 Å². The molecule has 1 amide bonds. The number of carbonyl (C=O) groups excluding carboxylic acids is 1. The highest BCUT2D eigenvalue weighted by Crippen LogP contribution is 2.32. The van der Waals surface area contributed by atoms with Crippen LogP contribution in [0.2, 0.25) is 0 Å². The summed E-state index contributed by atoms with van der Waals surface area (Å²) >= 11 is 1.27. The van der Waals surface area contributed by atoms with Gasteiger partial charge < -0.3 is 5.32 Å². The van der Waals surface area contributed by atoms with E-state index in [4.69, 9.17) is 0 Å². The lowest BCUT2D eigenvalue weighted by Gasteiger charge is -2.30. The first-order valence-corrected chi connectivity index (χ1v) is 12.5. The maximum Gasteiger partial charge on any atom is 0.286 e. The molecule has 3 aromatic rings. The first-order chi connectivity index (χ1) is 15.0. The van der Waals surface area contributed by atoms with E-state index in [0.29, 0.717) is 41.5 Å². The molecule has 1 fully saturated rings. The number of piperidine rings is 1. The van der Waals surface area contributed by atoms with Crippen molar-refractivity contribution in [3.63, 3.8) is 0 Å². The standard InChI is InChI=1S/C22H24N4O3S2/c1-2-16-8-10-19(11-9-16)31(28,29)26-14-12-17(13-15-26)21-24-25-22(30-21)20(27)23-18-6-4-3-5-7-18/h3-11,17H,2,12-15H2,1H3,(H,23,27). The zero-order valence-corrected chi connectivity index (χ0v) is 18.8. The second-order valence-electron chi connectivity index (χ2n) is 7.44. The molecule has 2 heterocycles. The van der Waals surface area contributed by atoms with Crippen LogP contribution in [0.25, 0.3) is 0 Å². The van der Waals surface area contributed by atoms with Crippen molar-refractivity contribution in [1.29, 1.82) is 0 Å². The Hall–Kier alpha value is -2.62. The Bertz CT molecular complexity index is 1140. The van der Waals surface area contributed by atoms with Crippen LogP contribution in [0, 0.1) is 0 Å². The lowest BCUT2D eigenvalue weighted by molar-refractivity contribution is 0.102. The number of nitrogens with zero attached hydrogens (tertiary/aromatic N) is 3. The summed E-state index contributed by atoms with van der Waals surface area (Å²) in [5.74, 6) is -0.185. The summed E-state index contributed by atoms with van der Waals surface area (Å²) in [5.41, 5.74) is 1.82. The molecule has 1 aliphatic heterocycles. The molecule has 162 valence electrons. The van der Waals surface area contributed by atoms with Gasteiger partial charge in [0.1, 0.15) is 5.01 Å². The van der Waals surface area contributed by atoms with Crippen molar-refractivity contribution in [3.8, 4) is 0 Å². The fraction of sp³-hybridized carbons (Fsp3) is 0.318. The van der Waals surface area contributed by atoms with Gasteiger partial charge in [0.05, 0.1) is 4.90 Å². The molecule has 0 bridgehead atoms. The normalized spacial score (nSPS) is 15.6. The second kappa shape index (κ2) is 9.25. The van der Waals surface area contributed by atoms with E-state index >= 15 is 0 Å². The number of carbonyl (C=O) groups is 1. The number of anilines is 1. The SMILES string of the molecule is CCc1ccc(S(=O)(=O)N2CCC(c3nnc(C(=O)Nc4ccccc4)s3)CC2)cc1. The molecule has 0 saturated carbocycles. The maximum absolute atomic E-state index is 12.9. The first-order valence-electron chi connectivity index (χ1n) is 10.3. The molecule has 0 aliphatic carbocycles. The lowest BCUT2D eigenvalue weighted by atomic mass is 9.99. The summed E-state index contributed by atoms with van der Waals surface area (Å²) in [7, 11) is -3.50. The predicted molar refractivity (Wildman–Crippen MR) is 121 cm³/mol. The van der Waals surface area contributed by atoms with Crippen LogP contribution in [0.5, 0.6) is 0 Å². The largest absolute Gasteiger partial charge is 0.320 e. The highest BCUT2D eigenvalue weighted by atomic mass is 32.2. The molecule has 0 unspecified atom stereocenters. The quantitative estimate of drug-likeness (QED) is 0.607. The number of rotatable bonds is 6. The molecule has 9 heteroatoms. The van der Waals surface area contributed by atoms with Gasteiger partial charge in [-0.1, -0.05) is 48.6 Å². The van der Waals surface area contributed by atoms with Gasteiger partial charge in [0, 0.05) is 24.7 Å². The van der Waals surface area contributed by atoms with E-state index in [1.165, 1.54) is 15.6 Å². The number of hydrogen-bond donors (Lipinski definition) is 1. The van der Waals surface area contributed by atoms with Crippen LogP contribution in [-0.2, 0) is 16.4 Å². The second-order valence-corrected chi connectivity index (χ2v) is 10.4. The fourth-order valence-corrected chi connectivity index (χ4v) is 5.96. The van der Waals surface area contributed by atoms with Crippen molar-refractivity contribution < 1.29 is 13.2 Å². The summed E-state index contributed by atoms with van der Waals surface area (Å²) < 4.78 is 27.4. The van der Waals surface area contributed by atoms with Crippen LogP contribution < -0.4 is 5.32 Å². The van der Waals surface area contributed by atoms with E-state index in [2.05, 4.69) is 15.5 Å². The Kier molecular flexibility index (Phi) is 6.45. The number of para-hydroxylation sites is 1.